The summed E-state index contributed by atoms with van der Waals surface area (Å²) in [6, 6.07) is 0. The summed E-state index contributed by atoms with van der Waals surface area (Å²) >= 11 is 0. The summed E-state index contributed by atoms with van der Waals surface area (Å²) in [5.74, 6) is 0. The Kier molecular flexibility index (Phi) is 9.83. The molecule has 0 saturated heterocycles. The zero-order valence-corrected chi connectivity index (χ0v) is 13.3. The molecule has 7 N–H and O–H groups in total. The second-order valence-electron chi connectivity index (χ2n) is 2.69. The van der Waals surface area contributed by atoms with Gasteiger partial charge in [0.25, 0.3) is 0 Å². The third-order valence-corrected chi connectivity index (χ3v) is 4.63. The molecule has 0 aromatic carbocycles. The van der Waals surface area contributed by atoms with Crippen LogP contribution in [0.4, 0.5) is 0 Å². The van der Waals surface area contributed by atoms with Crippen molar-refractivity contribution in [3.63, 3.8) is 0 Å². The van der Waals surface area contributed by atoms with Crippen LogP contribution in [-0.2, 0) is 31.4 Å². The Morgan fingerprint density at radius 1 is 0.762 bits per heavy atom. The van der Waals surface area contributed by atoms with E-state index < -0.39 is 31.3 Å². The Balaban J connectivity index is 0. The van der Waals surface area contributed by atoms with Gasteiger partial charge in [-0.05, 0) is 0 Å². The third-order valence-electron chi connectivity index (χ3n) is 0.778. The molecule has 0 amide bonds. The fourth-order valence-corrected chi connectivity index (χ4v) is 3.11. The highest BCUT2D eigenvalue weighted by molar-refractivity contribution is 7.60. The molecule has 0 aliphatic heterocycles. The molecule has 0 saturated carbocycles. The van der Waals surface area contributed by atoms with Crippen molar-refractivity contribution >= 4 is 31.3 Å². The number of phosphoric ester groups is 1. The highest BCUT2D eigenvalue weighted by Crippen LogP contribution is 2.57. The van der Waals surface area contributed by atoms with Gasteiger partial charge in [0.1, 0.15) is 0 Å². The summed E-state index contributed by atoms with van der Waals surface area (Å²) in [4.78, 5) is 55.8. The van der Waals surface area contributed by atoms with Gasteiger partial charge in [-0.15, -0.1) is 6.58 Å². The van der Waals surface area contributed by atoms with Crippen LogP contribution in [0.3, 0.4) is 0 Å². The van der Waals surface area contributed by atoms with Gasteiger partial charge in [-0.3, -0.25) is 4.52 Å². The van der Waals surface area contributed by atoms with E-state index >= 15 is 0 Å². The number of hydrogen-bond acceptors (Lipinski definition) is 7. The standard InChI is InChI=1S/C3H8O7P2.H4O7P2/c1-2-3-9-12(7,8)10-11(4,5)6;1-8(2,3)7-9(4,5)6/h2H,1,3H2,(H,7,8)(H2,4,5,6);(H2,1,2,3)(H2,4,5,6). The van der Waals surface area contributed by atoms with E-state index in [1.54, 1.807) is 0 Å². The molecule has 0 aromatic heterocycles. The van der Waals surface area contributed by atoms with Crippen LogP contribution in [-0.4, -0.2) is 40.9 Å². The Morgan fingerprint density at radius 3 is 1.29 bits per heavy atom. The molecule has 0 rings (SSSR count). The van der Waals surface area contributed by atoms with Crippen LogP contribution >= 0.6 is 31.3 Å². The maximum Gasteiger partial charge on any atom is 0.481 e. The first-order chi connectivity index (χ1) is 8.97. The normalized spacial score (nSPS) is 15.6. The molecule has 0 bridgehead atoms. The van der Waals surface area contributed by atoms with E-state index in [4.69, 9.17) is 34.3 Å². The zero-order valence-electron chi connectivity index (χ0n) is 9.77. The van der Waals surface area contributed by atoms with Crippen LogP contribution in [0, 0.1) is 0 Å². The molecule has 128 valence electrons. The molecule has 14 nitrogen and oxygen atoms in total. The minimum atomic E-state index is -5.05. The first kappa shape index (κ1) is 23.5. The van der Waals surface area contributed by atoms with Crippen LogP contribution in [0.15, 0.2) is 12.7 Å². The summed E-state index contributed by atoms with van der Waals surface area (Å²) in [6.07, 6.45) is 1.13. The number of phosphoric acid groups is 4. The summed E-state index contributed by atoms with van der Waals surface area (Å²) in [5, 5.41) is 0. The molecule has 0 radical (unpaired) electrons. The minimum absolute atomic E-state index is 0.340. The van der Waals surface area contributed by atoms with Crippen LogP contribution in [0.25, 0.3) is 0 Å². The molecule has 1 unspecified atom stereocenters. The van der Waals surface area contributed by atoms with Crippen LogP contribution in [0.5, 0.6) is 0 Å². The highest BCUT2D eigenvalue weighted by atomic mass is 31.3. The van der Waals surface area contributed by atoms with Crippen LogP contribution in [0.1, 0.15) is 0 Å². The molecule has 18 heteroatoms. The topological polar surface area (TPSA) is 238 Å². The predicted octanol–water partition coefficient (Wildman–Crippen LogP) is -0.413. The van der Waals surface area contributed by atoms with E-state index in [1.165, 1.54) is 0 Å². The number of rotatable bonds is 7. The fourth-order valence-electron chi connectivity index (χ4n) is 0.443. The van der Waals surface area contributed by atoms with Gasteiger partial charge in [0, 0.05) is 0 Å². The lowest BCUT2D eigenvalue weighted by atomic mass is 10.7. The smallest absolute Gasteiger partial charge is 0.302 e. The Bertz CT molecular complexity index is 484. The molecule has 0 heterocycles. The molecule has 0 aliphatic carbocycles. The average Bonchev–Trinajstić information content (AvgIpc) is 2.05. The minimum Gasteiger partial charge on any atom is -0.302 e. The Hall–Kier alpha value is 0.260. The summed E-state index contributed by atoms with van der Waals surface area (Å²) in [6.45, 7) is 2.81. The van der Waals surface area contributed by atoms with Gasteiger partial charge in [-0.1, -0.05) is 6.08 Å². The quantitative estimate of drug-likeness (QED) is 0.214. The Labute approximate surface area is 117 Å². The maximum absolute atomic E-state index is 10.6. The molecule has 21 heavy (non-hydrogen) atoms. The molecule has 0 fully saturated rings. The van der Waals surface area contributed by atoms with Crippen molar-refractivity contribution < 1.29 is 65.7 Å². The van der Waals surface area contributed by atoms with Crippen LogP contribution < -0.4 is 0 Å². The lowest BCUT2D eigenvalue weighted by Gasteiger charge is -2.10. The maximum atomic E-state index is 10.6. The van der Waals surface area contributed by atoms with Crippen molar-refractivity contribution in [2.75, 3.05) is 6.61 Å². The number of hydrogen-bond donors (Lipinski definition) is 7. The average molecular weight is 396 g/mol. The first-order valence-electron chi connectivity index (χ1n) is 4.15. The fraction of sp³-hybridized carbons (Fsp3) is 0.333. The lowest BCUT2D eigenvalue weighted by Crippen LogP contribution is -1.93. The highest BCUT2D eigenvalue weighted by Gasteiger charge is 2.31. The predicted molar refractivity (Wildman–Crippen MR) is 64.3 cm³/mol. The van der Waals surface area contributed by atoms with E-state index in [0.29, 0.717) is 0 Å². The van der Waals surface area contributed by atoms with Crippen molar-refractivity contribution in [1.82, 2.24) is 0 Å². The Morgan fingerprint density at radius 2 is 1.10 bits per heavy atom. The third kappa shape index (κ3) is 22.7. The summed E-state index contributed by atoms with van der Waals surface area (Å²) in [7, 11) is -19.8. The monoisotopic (exact) mass is 396 g/mol. The molecular weight excluding hydrogens is 384 g/mol. The van der Waals surface area contributed by atoms with E-state index in [0.717, 1.165) is 6.08 Å². The van der Waals surface area contributed by atoms with Gasteiger partial charge >= 0.3 is 31.3 Å². The van der Waals surface area contributed by atoms with Crippen molar-refractivity contribution in [3.8, 4) is 0 Å². The van der Waals surface area contributed by atoms with E-state index in [9.17, 15) is 18.3 Å². The van der Waals surface area contributed by atoms with Gasteiger partial charge < -0.3 is 34.3 Å². The second-order valence-corrected chi connectivity index (χ2v) is 8.13. The SMILES string of the molecule is C=CCOP(=O)(O)OP(=O)(O)O.O=P(O)(O)OP(=O)(O)O. The first-order valence-corrected chi connectivity index (χ1v) is 10.2. The molecule has 0 aliphatic rings. The van der Waals surface area contributed by atoms with Crippen molar-refractivity contribution in [2.45, 2.75) is 0 Å². The second kappa shape index (κ2) is 8.78. The molecular formula is C3H12O14P4. The molecule has 0 spiro atoms. The molecule has 1 atom stereocenters. The summed E-state index contributed by atoms with van der Waals surface area (Å²) < 4.78 is 50.3. The van der Waals surface area contributed by atoms with Gasteiger partial charge in [0.15, 0.2) is 0 Å². The largest absolute Gasteiger partial charge is 0.481 e. The van der Waals surface area contributed by atoms with Gasteiger partial charge in [-0.2, -0.15) is 8.62 Å². The van der Waals surface area contributed by atoms with Gasteiger partial charge in [0.2, 0.25) is 0 Å². The summed E-state index contributed by atoms with van der Waals surface area (Å²) in [5.41, 5.74) is 0. The molecule has 0 aromatic rings. The van der Waals surface area contributed by atoms with E-state index in [1.807, 2.05) is 0 Å². The zero-order chi connectivity index (χ0) is 17.5. The van der Waals surface area contributed by atoms with E-state index in [-0.39, 0.29) is 6.61 Å². The van der Waals surface area contributed by atoms with Gasteiger partial charge in [0.05, 0.1) is 6.61 Å². The van der Waals surface area contributed by atoms with E-state index in [2.05, 4.69) is 19.7 Å². The van der Waals surface area contributed by atoms with Crippen molar-refractivity contribution in [2.24, 2.45) is 0 Å². The van der Waals surface area contributed by atoms with Crippen LogP contribution in [0.2, 0.25) is 0 Å². The van der Waals surface area contributed by atoms with Crippen molar-refractivity contribution in [1.29, 1.82) is 0 Å². The lowest BCUT2D eigenvalue weighted by molar-refractivity contribution is 0.191. The van der Waals surface area contributed by atoms with Gasteiger partial charge in [-0.25, -0.2) is 18.3 Å². The van der Waals surface area contributed by atoms with Crippen molar-refractivity contribution in [3.05, 3.63) is 12.7 Å².